The Hall–Kier alpha value is -1.30. The van der Waals surface area contributed by atoms with Gasteiger partial charge in [-0.3, -0.25) is 4.90 Å². The second-order valence-corrected chi connectivity index (χ2v) is 5.59. The van der Waals surface area contributed by atoms with Crippen molar-refractivity contribution >= 4 is 5.69 Å². The first-order valence-electron chi connectivity index (χ1n) is 7.68. The molecule has 1 saturated heterocycles. The van der Waals surface area contributed by atoms with E-state index in [0.29, 0.717) is 0 Å². The zero-order chi connectivity index (χ0) is 15.2. The third-order valence-corrected chi connectivity index (χ3v) is 4.06. The second kappa shape index (κ2) is 7.64. The Balaban J connectivity index is 2.21. The van der Waals surface area contributed by atoms with E-state index < -0.39 is 0 Å². The quantitative estimate of drug-likeness (QED) is 0.855. The number of methoxy groups -OCH3 is 1. The summed E-state index contributed by atoms with van der Waals surface area (Å²) in [5, 5.41) is 9.09. The maximum Gasteiger partial charge on any atom is 0.125 e. The Labute approximate surface area is 127 Å². The molecule has 0 radical (unpaired) electrons. The average molecular weight is 293 g/mol. The molecular weight excluding hydrogens is 266 g/mol. The molecule has 21 heavy (non-hydrogen) atoms. The van der Waals surface area contributed by atoms with Crippen molar-refractivity contribution in [2.24, 2.45) is 5.73 Å². The molecule has 3 N–H and O–H groups in total. The van der Waals surface area contributed by atoms with Crippen LogP contribution in [-0.4, -0.2) is 56.4 Å². The smallest absolute Gasteiger partial charge is 0.125 e. The molecule has 1 aromatic rings. The van der Waals surface area contributed by atoms with Crippen LogP contribution in [0.3, 0.4) is 0 Å². The molecule has 1 aliphatic heterocycles. The number of ether oxygens (including phenoxy) is 1. The number of benzene rings is 1. The molecule has 1 fully saturated rings. The monoisotopic (exact) mass is 293 g/mol. The van der Waals surface area contributed by atoms with Gasteiger partial charge in [0.2, 0.25) is 0 Å². The van der Waals surface area contributed by atoms with Crippen molar-refractivity contribution in [2.45, 2.75) is 19.4 Å². The standard InChI is InChI=1S/C16H27N3O2/c1-13(17)16-14(5-3-6-15(16)21-2)19-8-4-7-18(9-10-19)11-12-20/h3,5-6,13,20H,4,7-12,17H2,1-2H3. The molecule has 0 bridgehead atoms. The van der Waals surface area contributed by atoms with Crippen LogP contribution in [0.4, 0.5) is 5.69 Å². The van der Waals surface area contributed by atoms with Gasteiger partial charge in [-0.05, 0) is 32.0 Å². The van der Waals surface area contributed by atoms with Gasteiger partial charge in [0.15, 0.2) is 0 Å². The SMILES string of the molecule is COc1cccc(N2CCCN(CCO)CC2)c1C(C)N. The summed E-state index contributed by atoms with van der Waals surface area (Å²) in [5.41, 5.74) is 8.42. The number of anilines is 1. The van der Waals surface area contributed by atoms with Crippen LogP contribution < -0.4 is 15.4 Å². The molecule has 1 atom stereocenters. The molecule has 0 amide bonds. The maximum absolute atomic E-state index is 9.09. The lowest BCUT2D eigenvalue weighted by Gasteiger charge is -2.28. The van der Waals surface area contributed by atoms with Crippen molar-refractivity contribution in [3.63, 3.8) is 0 Å². The number of aliphatic hydroxyl groups excluding tert-OH is 1. The molecular formula is C16H27N3O2. The first kappa shape index (κ1) is 16.1. The van der Waals surface area contributed by atoms with E-state index in [4.69, 9.17) is 15.6 Å². The maximum atomic E-state index is 9.09. The van der Waals surface area contributed by atoms with Gasteiger partial charge in [0, 0.05) is 43.5 Å². The fourth-order valence-electron chi connectivity index (χ4n) is 3.02. The highest BCUT2D eigenvalue weighted by Crippen LogP contribution is 2.34. The van der Waals surface area contributed by atoms with Crippen LogP contribution in [0.1, 0.15) is 24.9 Å². The second-order valence-electron chi connectivity index (χ2n) is 5.59. The minimum Gasteiger partial charge on any atom is -0.496 e. The van der Waals surface area contributed by atoms with Crippen molar-refractivity contribution in [2.75, 3.05) is 51.3 Å². The number of hydrogen-bond donors (Lipinski definition) is 2. The molecule has 0 aromatic heterocycles. The molecule has 1 aromatic carbocycles. The van der Waals surface area contributed by atoms with Crippen LogP contribution >= 0.6 is 0 Å². The Bertz CT molecular complexity index is 451. The molecule has 0 spiro atoms. The molecule has 5 nitrogen and oxygen atoms in total. The summed E-state index contributed by atoms with van der Waals surface area (Å²) in [6.07, 6.45) is 1.09. The van der Waals surface area contributed by atoms with Gasteiger partial charge in [0.25, 0.3) is 0 Å². The summed E-state index contributed by atoms with van der Waals surface area (Å²) in [4.78, 5) is 4.70. The Morgan fingerprint density at radius 3 is 2.76 bits per heavy atom. The first-order valence-corrected chi connectivity index (χ1v) is 7.68. The van der Waals surface area contributed by atoms with Crippen molar-refractivity contribution in [3.05, 3.63) is 23.8 Å². The fourth-order valence-corrected chi connectivity index (χ4v) is 3.02. The molecule has 0 aliphatic carbocycles. The lowest BCUT2D eigenvalue weighted by atomic mass is 10.0. The molecule has 1 aliphatic rings. The predicted octanol–water partition coefficient (Wildman–Crippen LogP) is 1.22. The molecule has 2 rings (SSSR count). The lowest BCUT2D eigenvalue weighted by molar-refractivity contribution is 0.204. The highest BCUT2D eigenvalue weighted by Gasteiger charge is 2.20. The number of β-amino-alcohol motifs (C(OH)–C–C–N with tert-alkyl or cyclic N) is 1. The van der Waals surface area contributed by atoms with Crippen LogP contribution in [0.5, 0.6) is 5.75 Å². The summed E-state index contributed by atoms with van der Waals surface area (Å²) in [6, 6.07) is 6.06. The number of hydrogen-bond acceptors (Lipinski definition) is 5. The van der Waals surface area contributed by atoms with Crippen LogP contribution in [0.25, 0.3) is 0 Å². The van der Waals surface area contributed by atoms with E-state index in [1.54, 1.807) is 7.11 Å². The Morgan fingerprint density at radius 1 is 1.29 bits per heavy atom. The minimum atomic E-state index is -0.0621. The van der Waals surface area contributed by atoms with E-state index >= 15 is 0 Å². The Morgan fingerprint density at radius 2 is 2.10 bits per heavy atom. The van der Waals surface area contributed by atoms with Gasteiger partial charge in [-0.2, -0.15) is 0 Å². The van der Waals surface area contributed by atoms with Gasteiger partial charge < -0.3 is 20.5 Å². The van der Waals surface area contributed by atoms with Crippen molar-refractivity contribution < 1.29 is 9.84 Å². The lowest BCUT2D eigenvalue weighted by Crippen LogP contribution is -2.33. The molecule has 118 valence electrons. The van der Waals surface area contributed by atoms with E-state index in [1.165, 1.54) is 5.69 Å². The third kappa shape index (κ3) is 3.87. The summed E-state index contributed by atoms with van der Waals surface area (Å²) in [5.74, 6) is 0.860. The molecule has 1 unspecified atom stereocenters. The number of rotatable bonds is 5. The predicted molar refractivity (Wildman–Crippen MR) is 86.0 cm³/mol. The zero-order valence-corrected chi connectivity index (χ0v) is 13.1. The first-order chi connectivity index (χ1) is 10.2. The summed E-state index contributed by atoms with van der Waals surface area (Å²) in [6.45, 7) is 6.94. The van der Waals surface area contributed by atoms with Crippen molar-refractivity contribution in [1.29, 1.82) is 0 Å². The topological polar surface area (TPSA) is 62.0 Å². The average Bonchev–Trinajstić information content (AvgIpc) is 2.72. The summed E-state index contributed by atoms with van der Waals surface area (Å²) >= 11 is 0. The van der Waals surface area contributed by atoms with E-state index in [1.807, 2.05) is 19.1 Å². The van der Waals surface area contributed by atoms with Gasteiger partial charge in [-0.15, -0.1) is 0 Å². The van der Waals surface area contributed by atoms with Gasteiger partial charge in [-0.1, -0.05) is 6.07 Å². The van der Waals surface area contributed by atoms with E-state index in [9.17, 15) is 0 Å². The van der Waals surface area contributed by atoms with E-state index in [-0.39, 0.29) is 12.6 Å². The highest BCUT2D eigenvalue weighted by atomic mass is 16.5. The van der Waals surface area contributed by atoms with Crippen LogP contribution in [-0.2, 0) is 0 Å². The van der Waals surface area contributed by atoms with Crippen LogP contribution in [0.2, 0.25) is 0 Å². The fraction of sp³-hybridized carbons (Fsp3) is 0.625. The third-order valence-electron chi connectivity index (χ3n) is 4.06. The molecule has 0 saturated carbocycles. The number of nitrogens with two attached hydrogens (primary N) is 1. The zero-order valence-electron chi connectivity index (χ0n) is 13.1. The Kier molecular flexibility index (Phi) is 5.85. The van der Waals surface area contributed by atoms with Crippen molar-refractivity contribution in [3.8, 4) is 5.75 Å². The highest BCUT2D eigenvalue weighted by molar-refractivity contribution is 5.60. The van der Waals surface area contributed by atoms with E-state index in [2.05, 4.69) is 15.9 Å². The van der Waals surface area contributed by atoms with Gasteiger partial charge in [0.05, 0.1) is 13.7 Å². The summed E-state index contributed by atoms with van der Waals surface area (Å²) < 4.78 is 5.48. The van der Waals surface area contributed by atoms with E-state index in [0.717, 1.165) is 50.5 Å². The van der Waals surface area contributed by atoms with Gasteiger partial charge in [0.1, 0.15) is 5.75 Å². The van der Waals surface area contributed by atoms with Crippen LogP contribution in [0.15, 0.2) is 18.2 Å². The minimum absolute atomic E-state index is 0.0621. The number of nitrogens with zero attached hydrogens (tertiary/aromatic N) is 2. The molecule has 5 heteroatoms. The summed E-state index contributed by atoms with van der Waals surface area (Å²) in [7, 11) is 1.69. The van der Waals surface area contributed by atoms with Gasteiger partial charge >= 0.3 is 0 Å². The van der Waals surface area contributed by atoms with Gasteiger partial charge in [-0.25, -0.2) is 0 Å². The normalized spacial score (nSPS) is 18.4. The molecule has 1 heterocycles. The van der Waals surface area contributed by atoms with Crippen molar-refractivity contribution in [1.82, 2.24) is 4.90 Å². The number of aliphatic hydroxyl groups is 1. The van der Waals surface area contributed by atoms with Crippen LogP contribution in [0, 0.1) is 0 Å². The largest absolute Gasteiger partial charge is 0.496 e.